The quantitative estimate of drug-likeness (QED) is 0.835. The van der Waals surface area contributed by atoms with Crippen LogP contribution in [0.1, 0.15) is 42.3 Å². The molecule has 4 heteroatoms. The van der Waals surface area contributed by atoms with Gasteiger partial charge >= 0.3 is 5.97 Å². The van der Waals surface area contributed by atoms with Crippen LogP contribution in [0.5, 0.6) is 5.75 Å². The van der Waals surface area contributed by atoms with Gasteiger partial charge in [0.2, 0.25) is 0 Å². The smallest absolute Gasteiger partial charge is 0.339 e. The molecule has 3 nitrogen and oxygen atoms in total. The molecule has 0 unspecified atom stereocenters. The molecule has 0 atom stereocenters. The van der Waals surface area contributed by atoms with Crippen LogP contribution in [-0.2, 0) is 0 Å². The van der Waals surface area contributed by atoms with Gasteiger partial charge in [0, 0.05) is 0 Å². The van der Waals surface area contributed by atoms with Gasteiger partial charge in [0.25, 0.3) is 8.32 Å². The Bertz CT molecular complexity index is 499. The van der Waals surface area contributed by atoms with Gasteiger partial charge in [-0.25, -0.2) is 4.79 Å². The van der Waals surface area contributed by atoms with E-state index in [0.717, 1.165) is 11.1 Å². The number of aromatic carboxylic acids is 1. The summed E-state index contributed by atoms with van der Waals surface area (Å²) in [4.78, 5) is 11.4. The third kappa shape index (κ3) is 3.38. The zero-order valence-corrected chi connectivity index (χ0v) is 13.9. The van der Waals surface area contributed by atoms with E-state index in [1.54, 1.807) is 6.07 Å². The van der Waals surface area contributed by atoms with Crippen molar-refractivity contribution in [2.75, 3.05) is 0 Å². The van der Waals surface area contributed by atoms with E-state index in [0.29, 0.717) is 5.75 Å². The van der Waals surface area contributed by atoms with E-state index in [1.807, 2.05) is 19.9 Å². The highest BCUT2D eigenvalue weighted by molar-refractivity contribution is 6.74. The van der Waals surface area contributed by atoms with E-state index < -0.39 is 14.3 Å². The second kappa shape index (κ2) is 5.00. The Morgan fingerprint density at radius 3 is 2.16 bits per heavy atom. The van der Waals surface area contributed by atoms with Crippen LogP contribution in [0, 0.1) is 13.8 Å². The summed E-state index contributed by atoms with van der Waals surface area (Å²) in [6, 6.07) is 3.65. The molecule has 0 aliphatic carbocycles. The predicted molar refractivity (Wildman–Crippen MR) is 80.7 cm³/mol. The normalized spacial score (nSPS) is 12.4. The van der Waals surface area contributed by atoms with Gasteiger partial charge in [-0.05, 0) is 49.2 Å². The number of rotatable bonds is 3. The standard InChI is InChI=1S/C15H24O3Si/c1-10-8-11(2)13(12(9-10)14(16)17)18-19(6,7)15(3,4)5/h8-9H,1-7H3,(H,16,17). The molecule has 19 heavy (non-hydrogen) atoms. The van der Waals surface area contributed by atoms with Crippen molar-refractivity contribution in [1.82, 2.24) is 0 Å². The highest BCUT2D eigenvalue weighted by Crippen LogP contribution is 2.39. The summed E-state index contributed by atoms with van der Waals surface area (Å²) >= 11 is 0. The number of hydrogen-bond donors (Lipinski definition) is 1. The number of benzene rings is 1. The van der Waals surface area contributed by atoms with Crippen LogP contribution >= 0.6 is 0 Å². The van der Waals surface area contributed by atoms with Gasteiger partial charge < -0.3 is 9.53 Å². The Kier molecular flexibility index (Phi) is 4.15. The number of aryl methyl sites for hydroxylation is 2. The summed E-state index contributed by atoms with van der Waals surface area (Å²) in [5.41, 5.74) is 2.10. The van der Waals surface area contributed by atoms with Gasteiger partial charge in [-0.2, -0.15) is 0 Å². The number of hydrogen-bond acceptors (Lipinski definition) is 2. The fourth-order valence-electron chi connectivity index (χ4n) is 1.66. The maximum atomic E-state index is 11.4. The SMILES string of the molecule is Cc1cc(C)c(O[Si](C)(C)C(C)(C)C)c(C(=O)O)c1. The Hall–Kier alpha value is -1.29. The summed E-state index contributed by atoms with van der Waals surface area (Å²) < 4.78 is 6.20. The lowest BCUT2D eigenvalue weighted by Crippen LogP contribution is -2.44. The average Bonchev–Trinajstić information content (AvgIpc) is 2.19. The maximum Gasteiger partial charge on any atom is 0.339 e. The first-order valence-electron chi connectivity index (χ1n) is 6.49. The van der Waals surface area contributed by atoms with E-state index in [1.165, 1.54) is 0 Å². The molecule has 0 amide bonds. The van der Waals surface area contributed by atoms with Gasteiger partial charge in [0.15, 0.2) is 0 Å². The van der Waals surface area contributed by atoms with E-state index >= 15 is 0 Å². The molecule has 0 aromatic heterocycles. The number of carboxylic acid groups (broad SMARTS) is 1. The second-order valence-electron chi connectivity index (χ2n) is 6.63. The highest BCUT2D eigenvalue weighted by Gasteiger charge is 2.40. The third-order valence-electron chi connectivity index (χ3n) is 3.81. The Morgan fingerprint density at radius 1 is 1.21 bits per heavy atom. The molecule has 1 aromatic rings. The van der Waals surface area contributed by atoms with Gasteiger partial charge in [0.05, 0.1) is 0 Å². The second-order valence-corrected chi connectivity index (χ2v) is 11.4. The van der Waals surface area contributed by atoms with Crippen molar-refractivity contribution in [2.24, 2.45) is 0 Å². The van der Waals surface area contributed by atoms with Crippen molar-refractivity contribution < 1.29 is 14.3 Å². The first kappa shape index (κ1) is 15.8. The van der Waals surface area contributed by atoms with Crippen LogP contribution < -0.4 is 4.43 Å². The van der Waals surface area contributed by atoms with Crippen molar-refractivity contribution in [1.29, 1.82) is 0 Å². The molecule has 1 N–H and O–H groups in total. The molecule has 0 spiro atoms. The summed E-state index contributed by atoms with van der Waals surface area (Å²) in [6.07, 6.45) is 0. The van der Waals surface area contributed by atoms with Gasteiger partial charge in [-0.15, -0.1) is 0 Å². The Morgan fingerprint density at radius 2 is 1.74 bits per heavy atom. The fraction of sp³-hybridized carbons (Fsp3) is 0.533. The minimum atomic E-state index is -2.04. The van der Waals surface area contributed by atoms with Crippen molar-refractivity contribution in [3.63, 3.8) is 0 Å². The van der Waals surface area contributed by atoms with Crippen molar-refractivity contribution in [2.45, 2.75) is 52.8 Å². The monoisotopic (exact) mass is 280 g/mol. The predicted octanol–water partition coefficient (Wildman–Crippen LogP) is 4.39. The van der Waals surface area contributed by atoms with E-state index in [-0.39, 0.29) is 10.6 Å². The molecule has 0 saturated heterocycles. The molecular formula is C15H24O3Si. The third-order valence-corrected chi connectivity index (χ3v) is 8.14. The first-order chi connectivity index (χ1) is 8.45. The zero-order chi connectivity index (χ0) is 15.0. The molecule has 106 valence electrons. The van der Waals surface area contributed by atoms with E-state index in [4.69, 9.17) is 4.43 Å². The minimum Gasteiger partial charge on any atom is -0.543 e. The molecule has 0 aliphatic rings. The molecule has 1 rings (SSSR count). The van der Waals surface area contributed by atoms with Crippen LogP contribution in [0.25, 0.3) is 0 Å². The zero-order valence-electron chi connectivity index (χ0n) is 12.9. The molecule has 0 fully saturated rings. The lowest BCUT2D eigenvalue weighted by molar-refractivity contribution is 0.0694. The van der Waals surface area contributed by atoms with Crippen molar-refractivity contribution in [3.8, 4) is 5.75 Å². The van der Waals surface area contributed by atoms with Crippen LogP contribution in [0.15, 0.2) is 12.1 Å². The molecule has 0 saturated carbocycles. The number of carboxylic acids is 1. The van der Waals surface area contributed by atoms with Crippen LogP contribution in [0.4, 0.5) is 0 Å². The van der Waals surface area contributed by atoms with Gasteiger partial charge in [-0.3, -0.25) is 0 Å². The Balaban J connectivity index is 3.32. The van der Waals surface area contributed by atoms with Crippen LogP contribution in [0.3, 0.4) is 0 Å². The Labute approximate surface area is 116 Å². The lowest BCUT2D eigenvalue weighted by atomic mass is 10.1. The first-order valence-corrected chi connectivity index (χ1v) is 9.40. The summed E-state index contributed by atoms with van der Waals surface area (Å²) in [6.45, 7) is 14.5. The average molecular weight is 280 g/mol. The van der Waals surface area contributed by atoms with Crippen molar-refractivity contribution >= 4 is 14.3 Å². The lowest BCUT2D eigenvalue weighted by Gasteiger charge is -2.37. The minimum absolute atomic E-state index is 0.0418. The summed E-state index contributed by atoms with van der Waals surface area (Å²) in [7, 11) is -2.04. The molecule has 0 radical (unpaired) electrons. The molecule has 0 aliphatic heterocycles. The molecular weight excluding hydrogens is 256 g/mol. The molecule has 1 aromatic carbocycles. The van der Waals surface area contributed by atoms with Crippen LogP contribution in [-0.4, -0.2) is 19.4 Å². The van der Waals surface area contributed by atoms with Crippen molar-refractivity contribution in [3.05, 3.63) is 28.8 Å². The highest BCUT2D eigenvalue weighted by atomic mass is 28.4. The van der Waals surface area contributed by atoms with Gasteiger partial charge in [-0.1, -0.05) is 26.8 Å². The molecule has 0 heterocycles. The van der Waals surface area contributed by atoms with E-state index in [2.05, 4.69) is 33.9 Å². The van der Waals surface area contributed by atoms with E-state index in [9.17, 15) is 9.90 Å². The van der Waals surface area contributed by atoms with Gasteiger partial charge in [0.1, 0.15) is 11.3 Å². The topological polar surface area (TPSA) is 46.5 Å². The largest absolute Gasteiger partial charge is 0.543 e. The summed E-state index contributed by atoms with van der Waals surface area (Å²) in [5, 5.41) is 9.39. The summed E-state index contributed by atoms with van der Waals surface area (Å²) in [5.74, 6) is -0.398. The van der Waals surface area contributed by atoms with Crippen LogP contribution in [0.2, 0.25) is 18.1 Å². The maximum absolute atomic E-state index is 11.4. The fourth-order valence-corrected chi connectivity index (χ4v) is 2.74. The molecule has 0 bridgehead atoms. The number of carbonyl (C=O) groups is 1.